The highest BCUT2D eigenvalue weighted by Crippen LogP contribution is 2.14. The van der Waals surface area contributed by atoms with Gasteiger partial charge in [-0.15, -0.1) is 5.10 Å². The highest BCUT2D eigenvalue weighted by atomic mass is 16.5. The van der Waals surface area contributed by atoms with Gasteiger partial charge in [0, 0.05) is 19.2 Å². The Morgan fingerprint density at radius 1 is 1.21 bits per heavy atom. The third-order valence-corrected chi connectivity index (χ3v) is 5.25. The number of aryl methyl sites for hydroxylation is 2. The fourth-order valence-corrected chi connectivity index (χ4v) is 3.48. The van der Waals surface area contributed by atoms with Crippen molar-refractivity contribution in [2.24, 2.45) is 23.0 Å². The maximum Gasteiger partial charge on any atom is 0.286 e. The van der Waals surface area contributed by atoms with Crippen LogP contribution >= 0.6 is 0 Å². The van der Waals surface area contributed by atoms with Crippen LogP contribution < -0.4 is 14.9 Å². The second-order valence-electron chi connectivity index (χ2n) is 7.40. The molecule has 1 fully saturated rings. The summed E-state index contributed by atoms with van der Waals surface area (Å²) < 4.78 is 10.2. The molecule has 150 valence electrons. The maximum absolute atomic E-state index is 5.96. The van der Waals surface area contributed by atoms with E-state index in [1.165, 1.54) is 18.4 Å². The van der Waals surface area contributed by atoms with Gasteiger partial charge in [-0.1, -0.05) is 0 Å². The maximum atomic E-state index is 5.96. The molecular formula is C22H27N6O+. The van der Waals surface area contributed by atoms with Crippen molar-refractivity contribution in [3.8, 4) is 5.75 Å². The lowest BCUT2D eigenvalue weighted by Gasteiger charge is -2.13. The SMILES string of the molecule is Cc1cc[n+]2cc(COc3ccc(/C=N/N=C(\N)N4CCCC4)cc3)n(C)c2c1. The lowest BCUT2D eigenvalue weighted by Crippen LogP contribution is -2.34. The van der Waals surface area contributed by atoms with E-state index in [0.29, 0.717) is 12.6 Å². The van der Waals surface area contributed by atoms with Crippen molar-refractivity contribution in [3.63, 3.8) is 0 Å². The first-order valence-electron chi connectivity index (χ1n) is 9.91. The van der Waals surface area contributed by atoms with E-state index < -0.39 is 0 Å². The molecule has 2 aromatic heterocycles. The Hall–Kier alpha value is -3.35. The van der Waals surface area contributed by atoms with Crippen molar-refractivity contribution in [1.82, 2.24) is 9.47 Å². The Kier molecular flexibility index (Phi) is 5.46. The number of benzene rings is 1. The minimum Gasteiger partial charge on any atom is -0.485 e. The number of fused-ring (bicyclic) bond motifs is 1. The van der Waals surface area contributed by atoms with Gasteiger partial charge in [0.1, 0.15) is 11.9 Å². The Labute approximate surface area is 170 Å². The molecule has 0 amide bonds. The number of pyridine rings is 1. The van der Waals surface area contributed by atoms with Gasteiger partial charge in [0.25, 0.3) is 5.65 Å². The molecule has 0 radical (unpaired) electrons. The van der Waals surface area contributed by atoms with Gasteiger partial charge in [0.15, 0.2) is 12.3 Å². The molecule has 0 spiro atoms. The fourth-order valence-electron chi connectivity index (χ4n) is 3.48. The minimum atomic E-state index is 0.488. The first-order chi connectivity index (χ1) is 14.1. The van der Waals surface area contributed by atoms with E-state index in [4.69, 9.17) is 10.5 Å². The Bertz CT molecular complexity index is 1050. The molecule has 0 aliphatic carbocycles. The number of hydrogen-bond donors (Lipinski definition) is 1. The van der Waals surface area contributed by atoms with Crippen LogP contribution in [0.2, 0.25) is 0 Å². The average molecular weight is 391 g/mol. The molecule has 3 aromatic rings. The standard InChI is InChI=1S/C22H27N6O/c1-17-9-12-28-15-19(26(2)21(28)13-17)16-29-20-7-5-18(6-8-20)14-24-25-22(23)27-10-3-4-11-27/h5-9,12-15H,3-4,10-11,16H2,1-2H3,(H2,23,25)/q+1/b24-14+. The minimum absolute atomic E-state index is 0.488. The number of ether oxygens (including phenoxy) is 1. The quantitative estimate of drug-likeness (QED) is 0.314. The number of rotatable bonds is 5. The number of aromatic nitrogens is 2. The molecular weight excluding hydrogens is 364 g/mol. The number of hydrogen-bond acceptors (Lipinski definition) is 3. The van der Waals surface area contributed by atoms with Gasteiger partial charge in [-0.05, 0) is 61.2 Å². The van der Waals surface area contributed by atoms with Gasteiger partial charge < -0.3 is 15.4 Å². The third kappa shape index (κ3) is 4.39. The molecule has 4 rings (SSSR count). The van der Waals surface area contributed by atoms with Gasteiger partial charge >= 0.3 is 0 Å². The number of likely N-dealkylation sites (tertiary alicyclic amines) is 1. The van der Waals surface area contributed by atoms with Crippen LogP contribution in [0.15, 0.2) is 59.0 Å². The van der Waals surface area contributed by atoms with Crippen molar-refractivity contribution >= 4 is 17.8 Å². The van der Waals surface area contributed by atoms with E-state index in [2.05, 4.69) is 62.6 Å². The smallest absolute Gasteiger partial charge is 0.286 e. The summed E-state index contributed by atoms with van der Waals surface area (Å²) in [6.07, 6.45) is 8.20. The second kappa shape index (κ2) is 8.34. The van der Waals surface area contributed by atoms with Gasteiger partial charge in [-0.25, -0.2) is 8.97 Å². The Morgan fingerprint density at radius 2 is 1.97 bits per heavy atom. The lowest BCUT2D eigenvalue weighted by molar-refractivity contribution is -0.511. The molecule has 1 saturated heterocycles. The van der Waals surface area contributed by atoms with E-state index in [9.17, 15) is 0 Å². The third-order valence-electron chi connectivity index (χ3n) is 5.25. The molecule has 29 heavy (non-hydrogen) atoms. The molecule has 0 bridgehead atoms. The molecule has 1 aromatic carbocycles. The lowest BCUT2D eigenvalue weighted by atomic mass is 10.2. The molecule has 0 atom stereocenters. The summed E-state index contributed by atoms with van der Waals surface area (Å²) in [6.45, 7) is 4.53. The summed E-state index contributed by atoms with van der Waals surface area (Å²) in [5, 5.41) is 8.19. The van der Waals surface area contributed by atoms with E-state index in [-0.39, 0.29) is 0 Å². The van der Waals surface area contributed by atoms with Gasteiger partial charge in [0.2, 0.25) is 5.96 Å². The average Bonchev–Trinajstić information content (AvgIpc) is 3.37. The zero-order chi connectivity index (χ0) is 20.2. The summed E-state index contributed by atoms with van der Waals surface area (Å²) in [5.74, 6) is 1.30. The van der Waals surface area contributed by atoms with Crippen molar-refractivity contribution in [2.75, 3.05) is 13.1 Å². The van der Waals surface area contributed by atoms with Crippen LogP contribution in [0, 0.1) is 6.92 Å². The summed E-state index contributed by atoms with van der Waals surface area (Å²) in [6, 6.07) is 12.1. The molecule has 0 saturated carbocycles. The van der Waals surface area contributed by atoms with E-state index in [1.54, 1.807) is 6.21 Å². The molecule has 7 nitrogen and oxygen atoms in total. The Morgan fingerprint density at radius 3 is 2.72 bits per heavy atom. The second-order valence-corrected chi connectivity index (χ2v) is 7.40. The van der Waals surface area contributed by atoms with Crippen LogP contribution in [0.5, 0.6) is 5.75 Å². The molecule has 1 aliphatic rings. The number of imidazole rings is 1. The van der Waals surface area contributed by atoms with Crippen molar-refractivity contribution in [1.29, 1.82) is 0 Å². The monoisotopic (exact) mass is 391 g/mol. The number of nitrogens with zero attached hydrogens (tertiary/aromatic N) is 5. The summed E-state index contributed by atoms with van der Waals surface area (Å²) in [7, 11) is 2.06. The Balaban J connectivity index is 1.36. The first-order valence-corrected chi connectivity index (χ1v) is 9.91. The highest BCUT2D eigenvalue weighted by molar-refractivity contribution is 5.82. The zero-order valence-corrected chi connectivity index (χ0v) is 17.0. The summed E-state index contributed by atoms with van der Waals surface area (Å²) in [5.41, 5.74) is 10.4. The fraction of sp³-hybridized carbons (Fsp3) is 0.318. The molecule has 3 heterocycles. The molecule has 1 aliphatic heterocycles. The van der Waals surface area contributed by atoms with Crippen molar-refractivity contribution in [3.05, 3.63) is 65.6 Å². The molecule has 0 unspecified atom stereocenters. The molecule has 2 N–H and O–H groups in total. The topological polar surface area (TPSA) is 72.2 Å². The van der Waals surface area contributed by atoms with E-state index in [1.807, 2.05) is 24.3 Å². The van der Waals surface area contributed by atoms with E-state index >= 15 is 0 Å². The van der Waals surface area contributed by atoms with Crippen molar-refractivity contribution in [2.45, 2.75) is 26.4 Å². The van der Waals surface area contributed by atoms with E-state index in [0.717, 1.165) is 35.7 Å². The normalized spacial score (nSPS) is 15.0. The number of nitrogens with two attached hydrogens (primary N) is 1. The summed E-state index contributed by atoms with van der Waals surface area (Å²) >= 11 is 0. The number of guanidine groups is 1. The first kappa shape index (κ1) is 19.0. The van der Waals surface area contributed by atoms with Gasteiger partial charge in [0.05, 0.1) is 19.5 Å². The van der Waals surface area contributed by atoms with Crippen LogP contribution in [0.3, 0.4) is 0 Å². The van der Waals surface area contributed by atoms with Gasteiger partial charge in [-0.3, -0.25) is 0 Å². The van der Waals surface area contributed by atoms with Crippen LogP contribution in [-0.4, -0.2) is 34.7 Å². The zero-order valence-electron chi connectivity index (χ0n) is 17.0. The van der Waals surface area contributed by atoms with Gasteiger partial charge in [-0.2, -0.15) is 5.10 Å². The van der Waals surface area contributed by atoms with Crippen LogP contribution in [0.25, 0.3) is 5.65 Å². The predicted octanol–water partition coefficient (Wildman–Crippen LogP) is 2.40. The van der Waals surface area contributed by atoms with Crippen LogP contribution in [0.1, 0.15) is 29.7 Å². The van der Waals surface area contributed by atoms with Crippen LogP contribution in [-0.2, 0) is 13.7 Å². The predicted molar refractivity (Wildman–Crippen MR) is 114 cm³/mol. The molecule has 7 heteroatoms. The summed E-state index contributed by atoms with van der Waals surface area (Å²) in [4.78, 5) is 2.06. The van der Waals surface area contributed by atoms with Crippen LogP contribution in [0.4, 0.5) is 0 Å². The largest absolute Gasteiger partial charge is 0.485 e. The van der Waals surface area contributed by atoms with Crippen molar-refractivity contribution < 1.29 is 9.14 Å². The highest BCUT2D eigenvalue weighted by Gasteiger charge is 2.15.